The third-order valence-corrected chi connectivity index (χ3v) is 15.3. The van der Waals surface area contributed by atoms with E-state index in [9.17, 15) is 19.5 Å². The van der Waals surface area contributed by atoms with Crippen molar-refractivity contribution in [1.29, 1.82) is 0 Å². The number of nitrogens with zero attached hydrogens (tertiary/aromatic N) is 5. The normalized spacial score (nSPS) is 27.0. The molecule has 0 spiro atoms. The van der Waals surface area contributed by atoms with E-state index in [-0.39, 0.29) is 24.0 Å². The molecular weight excluding hydrogens is 842 g/mol. The Kier molecular flexibility index (Phi) is 8.79. The lowest BCUT2D eigenvalue weighted by atomic mass is 9.51. The molecule has 4 amide bonds. The van der Waals surface area contributed by atoms with Gasteiger partial charge in [0.2, 0.25) is 23.6 Å². The molecule has 3 aromatic carbocycles. The molecule has 0 bridgehead atoms. The van der Waals surface area contributed by atoms with E-state index in [4.69, 9.17) is 21.4 Å². The van der Waals surface area contributed by atoms with Gasteiger partial charge in [-0.25, -0.2) is 4.90 Å². The predicted octanol–water partition coefficient (Wildman–Crippen LogP) is 8.00. The number of carbonyl (C=O) groups is 4. The van der Waals surface area contributed by atoms with Crippen molar-refractivity contribution in [2.45, 2.75) is 32.6 Å². The average Bonchev–Trinajstić information content (AvgIpc) is 3.89. The number of morpholine rings is 1. The van der Waals surface area contributed by atoms with Crippen molar-refractivity contribution < 1.29 is 29.0 Å². The molecule has 4 fully saturated rings. The summed E-state index contributed by atoms with van der Waals surface area (Å²) in [6.07, 6.45) is 2.49. The second-order valence-electron chi connectivity index (χ2n) is 16.2. The number of hydrogen-bond acceptors (Lipinski definition) is 9. The molecule has 6 unspecified atom stereocenters. The molecule has 3 aliphatic heterocycles. The maximum absolute atomic E-state index is 15.2. The third kappa shape index (κ3) is 5.42. The fourth-order valence-electron chi connectivity index (χ4n) is 10.4. The fraction of sp³-hybridized carbons (Fsp3) is 0.341. The van der Waals surface area contributed by atoms with E-state index < -0.39 is 46.8 Å². The highest BCUT2D eigenvalue weighted by atomic mass is 79.9. The molecule has 2 aliphatic carbocycles. The van der Waals surface area contributed by atoms with Gasteiger partial charge in [-0.2, -0.15) is 5.10 Å². The summed E-state index contributed by atoms with van der Waals surface area (Å²) < 4.78 is 8.81. The summed E-state index contributed by atoms with van der Waals surface area (Å²) in [5.41, 5.74) is 3.08. The lowest BCUT2D eigenvalue weighted by Gasteiger charge is -2.49. The van der Waals surface area contributed by atoms with Crippen LogP contribution < -0.4 is 14.7 Å². The summed E-state index contributed by atoms with van der Waals surface area (Å²) in [6.45, 7) is 6.62. The second kappa shape index (κ2) is 13.6. The molecule has 58 heavy (non-hydrogen) atoms. The Bertz CT molecular complexity index is 2630. The molecule has 1 N–H and O–H groups in total. The minimum absolute atomic E-state index is 0.0190. The van der Waals surface area contributed by atoms with Gasteiger partial charge in [-0.1, -0.05) is 39.2 Å². The zero-order valence-electron chi connectivity index (χ0n) is 31.9. The van der Waals surface area contributed by atoms with Crippen LogP contribution in [0, 0.1) is 36.0 Å². The number of phenolic OH excluding ortho intramolecular Hbond substituents is 1. The van der Waals surface area contributed by atoms with Crippen molar-refractivity contribution >= 4 is 89.8 Å². The predicted molar refractivity (Wildman–Crippen MR) is 226 cm³/mol. The van der Waals surface area contributed by atoms with Crippen LogP contribution >= 0.6 is 38.9 Å². The SMILES string of the molecule is Cc1c(-c2cc(N3C(=O)C4CC5C(=CCC6C(=O)N(c7ccc(N8CCOCC8)cc7)C(=O)C65)C(c5cc(Br)ccc5O)C4(C)C3=O)n(C)n2)sc2ccc(Cl)cc12. The number of benzene rings is 3. The van der Waals surface area contributed by atoms with Gasteiger partial charge in [0, 0.05) is 57.6 Å². The number of allylic oxidation sites excluding steroid dienone is 2. The Balaban J connectivity index is 1.04. The van der Waals surface area contributed by atoms with Crippen LogP contribution in [0.3, 0.4) is 0 Å². The van der Waals surface area contributed by atoms with Crippen LogP contribution in [0.5, 0.6) is 5.75 Å². The number of ether oxygens (including phenoxy) is 1. The lowest BCUT2D eigenvalue weighted by molar-refractivity contribution is -0.131. The second-order valence-corrected chi connectivity index (χ2v) is 18.6. The number of thiophene rings is 1. The van der Waals surface area contributed by atoms with Gasteiger partial charge < -0.3 is 14.7 Å². The molecule has 11 nitrogen and oxygen atoms in total. The number of imide groups is 2. The zero-order valence-corrected chi connectivity index (χ0v) is 35.1. The Hall–Kier alpha value is -4.82. The van der Waals surface area contributed by atoms with E-state index in [2.05, 4.69) is 20.8 Å². The minimum Gasteiger partial charge on any atom is -0.508 e. The quantitative estimate of drug-likeness (QED) is 0.139. The fourth-order valence-corrected chi connectivity index (χ4v) is 12.1. The van der Waals surface area contributed by atoms with Gasteiger partial charge in [0.15, 0.2) is 0 Å². The minimum atomic E-state index is -1.33. The van der Waals surface area contributed by atoms with E-state index in [0.717, 1.165) is 44.9 Å². The van der Waals surface area contributed by atoms with E-state index in [1.54, 1.807) is 47.3 Å². The van der Waals surface area contributed by atoms with Crippen molar-refractivity contribution in [3.63, 3.8) is 0 Å². The Morgan fingerprint density at radius 3 is 2.41 bits per heavy atom. The molecule has 5 heterocycles. The summed E-state index contributed by atoms with van der Waals surface area (Å²) in [5, 5.41) is 18.0. The molecule has 2 aromatic heterocycles. The summed E-state index contributed by atoms with van der Waals surface area (Å²) in [6, 6.07) is 20.1. The number of aryl methyl sites for hydroxylation is 2. The Labute approximate surface area is 351 Å². The molecule has 1 saturated carbocycles. The monoisotopic (exact) mass is 879 g/mol. The molecule has 5 aliphatic rings. The number of anilines is 3. The highest BCUT2D eigenvalue weighted by molar-refractivity contribution is 9.10. The van der Waals surface area contributed by atoms with E-state index in [0.29, 0.717) is 51.9 Å². The summed E-state index contributed by atoms with van der Waals surface area (Å²) in [7, 11) is 1.72. The first-order valence-electron chi connectivity index (χ1n) is 19.5. The van der Waals surface area contributed by atoms with Gasteiger partial charge in [0.25, 0.3) is 0 Å². The van der Waals surface area contributed by atoms with Crippen LogP contribution in [-0.4, -0.2) is 64.8 Å². The van der Waals surface area contributed by atoms with Crippen LogP contribution in [0.2, 0.25) is 5.02 Å². The van der Waals surface area contributed by atoms with Gasteiger partial charge in [0.05, 0.1) is 46.9 Å². The van der Waals surface area contributed by atoms with Crippen molar-refractivity contribution in [3.8, 4) is 16.3 Å². The van der Waals surface area contributed by atoms with Crippen LogP contribution in [0.25, 0.3) is 20.7 Å². The van der Waals surface area contributed by atoms with Crippen LogP contribution in [0.1, 0.15) is 36.8 Å². The Morgan fingerprint density at radius 1 is 0.914 bits per heavy atom. The van der Waals surface area contributed by atoms with Gasteiger partial charge >= 0.3 is 0 Å². The molecule has 10 rings (SSSR count). The van der Waals surface area contributed by atoms with Crippen LogP contribution in [0.15, 0.2) is 82.9 Å². The highest BCUT2D eigenvalue weighted by Gasteiger charge is 2.68. The zero-order chi connectivity index (χ0) is 40.4. The number of halogens is 2. The van der Waals surface area contributed by atoms with E-state index in [1.165, 1.54) is 9.80 Å². The van der Waals surface area contributed by atoms with Gasteiger partial charge in [-0.05, 0) is 104 Å². The number of phenols is 1. The topological polar surface area (TPSA) is 125 Å². The van der Waals surface area contributed by atoms with Crippen LogP contribution in [0.4, 0.5) is 17.2 Å². The highest BCUT2D eigenvalue weighted by Crippen LogP contribution is 2.64. The standard InChI is InChI=1S/C44H39BrClN5O6S/c1-22-29-19-24(46)5-13-35(29)58-39(22)33-21-36(48(3)47-33)51-41(54)32-20-30-27(38(44(32,2)43(51)56)31-18-23(45)4-12-34(31)52)10-11-28-37(30)42(55)50(40(28)53)26-8-6-25(7-9-26)49-14-16-57-17-15-49/h4-10,12-13,18-19,21,28,30,32,37-38,52H,11,14-17,20H2,1-3H3. The summed E-state index contributed by atoms with van der Waals surface area (Å²) >= 11 is 11.5. The van der Waals surface area contributed by atoms with Crippen molar-refractivity contribution in [2.24, 2.45) is 36.1 Å². The van der Waals surface area contributed by atoms with E-state index >= 15 is 4.79 Å². The first kappa shape index (κ1) is 37.5. The largest absolute Gasteiger partial charge is 0.508 e. The molecule has 6 atom stereocenters. The van der Waals surface area contributed by atoms with Gasteiger partial charge in [0.1, 0.15) is 17.3 Å². The number of aromatic hydroxyl groups is 1. The maximum atomic E-state index is 15.2. The summed E-state index contributed by atoms with van der Waals surface area (Å²) in [4.78, 5) is 64.7. The van der Waals surface area contributed by atoms with Gasteiger partial charge in [-0.15, -0.1) is 11.3 Å². The summed E-state index contributed by atoms with van der Waals surface area (Å²) in [5.74, 6) is -4.57. The molecule has 0 radical (unpaired) electrons. The number of aromatic nitrogens is 2. The van der Waals surface area contributed by atoms with Crippen molar-refractivity contribution in [3.05, 3.63) is 99.0 Å². The average molecular weight is 881 g/mol. The number of carbonyl (C=O) groups excluding carboxylic acids is 4. The van der Waals surface area contributed by atoms with Crippen molar-refractivity contribution in [2.75, 3.05) is 41.0 Å². The third-order valence-electron chi connectivity index (χ3n) is 13.3. The first-order chi connectivity index (χ1) is 27.9. The maximum Gasteiger partial charge on any atom is 0.242 e. The molecule has 3 saturated heterocycles. The Morgan fingerprint density at radius 2 is 1.66 bits per heavy atom. The molecule has 14 heteroatoms. The first-order valence-corrected chi connectivity index (χ1v) is 21.5. The number of fused-ring (bicyclic) bond motifs is 5. The molecule has 5 aromatic rings. The van der Waals surface area contributed by atoms with Gasteiger partial charge in [-0.3, -0.25) is 28.8 Å². The lowest BCUT2D eigenvalue weighted by Crippen LogP contribution is -2.49. The smallest absolute Gasteiger partial charge is 0.242 e. The van der Waals surface area contributed by atoms with E-state index in [1.807, 2.05) is 62.4 Å². The number of rotatable bonds is 5. The number of amides is 4. The van der Waals surface area contributed by atoms with Crippen molar-refractivity contribution in [1.82, 2.24) is 9.78 Å². The molecule has 296 valence electrons. The number of hydrogen-bond donors (Lipinski definition) is 1. The molecular formula is C44H39BrClN5O6S. The van der Waals surface area contributed by atoms with Crippen LogP contribution in [-0.2, 0) is 31.0 Å².